The monoisotopic (exact) mass is 254 g/mol. The van der Waals surface area contributed by atoms with Gasteiger partial charge >= 0.3 is 0 Å². The lowest BCUT2D eigenvalue weighted by atomic mass is 10.0. The van der Waals surface area contributed by atoms with Gasteiger partial charge < -0.3 is 5.73 Å². The lowest BCUT2D eigenvalue weighted by Gasteiger charge is -2.11. The maximum Gasteiger partial charge on any atom is 0.0270 e. The molecule has 1 unspecified atom stereocenters. The number of pyridine rings is 1. The van der Waals surface area contributed by atoms with E-state index in [9.17, 15) is 0 Å². The van der Waals surface area contributed by atoms with E-state index in [1.165, 1.54) is 17.5 Å². The number of nitrogens with two attached hydrogens (primary N) is 1. The summed E-state index contributed by atoms with van der Waals surface area (Å²) in [6, 6.07) is 15.1. The first kappa shape index (κ1) is 13.8. The van der Waals surface area contributed by atoms with Crippen molar-refractivity contribution >= 4 is 0 Å². The minimum Gasteiger partial charge on any atom is -0.328 e. The minimum atomic E-state index is 0.303. The highest BCUT2D eigenvalue weighted by molar-refractivity contribution is 5.14. The second kappa shape index (κ2) is 7.70. The number of aryl methyl sites for hydroxylation is 2. The molecule has 0 radical (unpaired) electrons. The van der Waals surface area contributed by atoms with Crippen LogP contribution in [0.3, 0.4) is 0 Å². The Morgan fingerprint density at radius 1 is 0.842 bits per heavy atom. The fraction of sp³-hybridized carbons (Fsp3) is 0.353. The van der Waals surface area contributed by atoms with E-state index in [2.05, 4.69) is 47.4 Å². The molecule has 2 N–H and O–H groups in total. The third kappa shape index (κ3) is 5.23. The Hall–Kier alpha value is -1.67. The molecule has 0 spiro atoms. The molecule has 0 saturated carbocycles. The Morgan fingerprint density at radius 3 is 2.26 bits per heavy atom. The predicted octanol–water partition coefficient (Wildman–Crippen LogP) is 3.36. The van der Waals surface area contributed by atoms with Gasteiger partial charge in [-0.15, -0.1) is 0 Å². The lowest BCUT2D eigenvalue weighted by Crippen LogP contribution is -2.20. The van der Waals surface area contributed by atoms with E-state index in [0.717, 1.165) is 25.7 Å². The largest absolute Gasteiger partial charge is 0.328 e. The molecule has 2 heteroatoms. The van der Waals surface area contributed by atoms with Crippen molar-refractivity contribution in [2.24, 2.45) is 5.73 Å². The van der Waals surface area contributed by atoms with Crippen LogP contribution in [0.5, 0.6) is 0 Å². The Labute approximate surface area is 115 Å². The van der Waals surface area contributed by atoms with Crippen LogP contribution in [-0.4, -0.2) is 11.0 Å². The molecule has 1 aromatic carbocycles. The van der Waals surface area contributed by atoms with Crippen LogP contribution in [0.15, 0.2) is 54.9 Å². The molecule has 2 nitrogen and oxygen atoms in total. The first-order chi connectivity index (χ1) is 9.34. The third-order valence-electron chi connectivity index (χ3n) is 3.44. The van der Waals surface area contributed by atoms with Gasteiger partial charge in [0.05, 0.1) is 0 Å². The van der Waals surface area contributed by atoms with Gasteiger partial charge in [-0.1, -0.05) is 30.3 Å². The first-order valence-corrected chi connectivity index (χ1v) is 7.03. The summed E-state index contributed by atoms with van der Waals surface area (Å²) in [5.74, 6) is 0. The maximum absolute atomic E-state index is 6.17. The van der Waals surface area contributed by atoms with E-state index in [1.54, 1.807) is 0 Å². The standard InChI is InChI=1S/C17H22N2/c18-17(10-9-16-11-13-19-14-12-16)8-4-7-15-5-2-1-3-6-15/h1-3,5-6,11-14,17H,4,7-10,18H2. The van der Waals surface area contributed by atoms with Crippen molar-refractivity contribution in [1.29, 1.82) is 0 Å². The molecule has 0 bridgehead atoms. The van der Waals surface area contributed by atoms with Crippen LogP contribution < -0.4 is 5.73 Å². The predicted molar refractivity (Wildman–Crippen MR) is 79.9 cm³/mol. The van der Waals surface area contributed by atoms with Crippen molar-refractivity contribution in [2.75, 3.05) is 0 Å². The molecule has 0 aliphatic carbocycles. The highest BCUT2D eigenvalue weighted by Gasteiger charge is 2.03. The molecule has 0 saturated heterocycles. The zero-order chi connectivity index (χ0) is 13.3. The lowest BCUT2D eigenvalue weighted by molar-refractivity contribution is 0.546. The number of benzene rings is 1. The van der Waals surface area contributed by atoms with Crippen molar-refractivity contribution in [2.45, 2.75) is 38.1 Å². The van der Waals surface area contributed by atoms with Crippen LogP contribution in [0.4, 0.5) is 0 Å². The number of hydrogen-bond acceptors (Lipinski definition) is 2. The molecule has 0 fully saturated rings. The van der Waals surface area contributed by atoms with Crippen molar-refractivity contribution in [3.8, 4) is 0 Å². The van der Waals surface area contributed by atoms with E-state index < -0.39 is 0 Å². The maximum atomic E-state index is 6.17. The second-order valence-corrected chi connectivity index (χ2v) is 5.03. The molecule has 100 valence electrons. The van der Waals surface area contributed by atoms with Crippen LogP contribution in [0.25, 0.3) is 0 Å². The average Bonchev–Trinajstić information content (AvgIpc) is 2.47. The van der Waals surface area contributed by atoms with E-state index >= 15 is 0 Å². The van der Waals surface area contributed by atoms with Gasteiger partial charge in [0.25, 0.3) is 0 Å². The topological polar surface area (TPSA) is 38.9 Å². The Balaban J connectivity index is 1.64. The van der Waals surface area contributed by atoms with Gasteiger partial charge in [0.2, 0.25) is 0 Å². The molecule has 0 aliphatic rings. The smallest absolute Gasteiger partial charge is 0.0270 e. The fourth-order valence-corrected chi connectivity index (χ4v) is 2.26. The molecule has 2 aromatic rings. The van der Waals surface area contributed by atoms with E-state index in [0.29, 0.717) is 6.04 Å². The van der Waals surface area contributed by atoms with Gasteiger partial charge in [-0.2, -0.15) is 0 Å². The van der Waals surface area contributed by atoms with Crippen LogP contribution in [0.1, 0.15) is 30.4 Å². The van der Waals surface area contributed by atoms with Gasteiger partial charge in [0.1, 0.15) is 0 Å². The average molecular weight is 254 g/mol. The van der Waals surface area contributed by atoms with Crippen LogP contribution >= 0.6 is 0 Å². The highest BCUT2D eigenvalue weighted by Crippen LogP contribution is 2.09. The van der Waals surface area contributed by atoms with Crippen LogP contribution in [0.2, 0.25) is 0 Å². The summed E-state index contributed by atoms with van der Waals surface area (Å²) >= 11 is 0. The van der Waals surface area contributed by atoms with E-state index in [1.807, 2.05) is 12.4 Å². The Morgan fingerprint density at radius 2 is 1.53 bits per heavy atom. The summed E-state index contributed by atoms with van der Waals surface area (Å²) in [5.41, 5.74) is 8.90. The third-order valence-corrected chi connectivity index (χ3v) is 3.44. The van der Waals surface area contributed by atoms with E-state index in [4.69, 9.17) is 5.73 Å². The molecule has 2 rings (SSSR count). The highest BCUT2D eigenvalue weighted by atomic mass is 14.6. The molecular formula is C17H22N2. The number of nitrogens with zero attached hydrogens (tertiary/aromatic N) is 1. The van der Waals surface area contributed by atoms with Crippen molar-refractivity contribution in [1.82, 2.24) is 4.98 Å². The molecule has 0 amide bonds. The quantitative estimate of drug-likeness (QED) is 0.822. The SMILES string of the molecule is NC(CCCc1ccccc1)CCc1ccncc1. The number of hydrogen-bond donors (Lipinski definition) is 1. The molecule has 1 heterocycles. The minimum absolute atomic E-state index is 0.303. The van der Waals surface area contributed by atoms with Crippen LogP contribution in [-0.2, 0) is 12.8 Å². The van der Waals surface area contributed by atoms with Gasteiger partial charge in [-0.3, -0.25) is 4.98 Å². The summed E-state index contributed by atoms with van der Waals surface area (Å²) in [6.07, 6.45) is 9.19. The zero-order valence-corrected chi connectivity index (χ0v) is 11.3. The number of aromatic nitrogens is 1. The number of rotatable bonds is 7. The van der Waals surface area contributed by atoms with Crippen molar-refractivity contribution in [3.63, 3.8) is 0 Å². The summed E-state index contributed by atoms with van der Waals surface area (Å²) in [5, 5.41) is 0. The van der Waals surface area contributed by atoms with Gasteiger partial charge in [0.15, 0.2) is 0 Å². The molecule has 19 heavy (non-hydrogen) atoms. The molecule has 1 aromatic heterocycles. The Bertz CT molecular complexity index is 453. The van der Waals surface area contributed by atoms with Crippen molar-refractivity contribution in [3.05, 3.63) is 66.0 Å². The summed E-state index contributed by atoms with van der Waals surface area (Å²) in [4.78, 5) is 4.02. The summed E-state index contributed by atoms with van der Waals surface area (Å²) in [6.45, 7) is 0. The molecule has 0 aliphatic heterocycles. The normalized spacial score (nSPS) is 12.3. The molecular weight excluding hydrogens is 232 g/mol. The van der Waals surface area contributed by atoms with Gasteiger partial charge in [0, 0.05) is 18.4 Å². The summed E-state index contributed by atoms with van der Waals surface area (Å²) in [7, 11) is 0. The van der Waals surface area contributed by atoms with E-state index in [-0.39, 0.29) is 0 Å². The Kier molecular flexibility index (Phi) is 5.57. The second-order valence-electron chi connectivity index (χ2n) is 5.03. The fourth-order valence-electron chi connectivity index (χ4n) is 2.26. The first-order valence-electron chi connectivity index (χ1n) is 7.03. The van der Waals surface area contributed by atoms with Crippen LogP contribution in [0, 0.1) is 0 Å². The zero-order valence-electron chi connectivity index (χ0n) is 11.3. The van der Waals surface area contributed by atoms with Gasteiger partial charge in [-0.05, 0) is 55.4 Å². The van der Waals surface area contributed by atoms with Gasteiger partial charge in [-0.25, -0.2) is 0 Å². The summed E-state index contributed by atoms with van der Waals surface area (Å²) < 4.78 is 0. The van der Waals surface area contributed by atoms with Crippen molar-refractivity contribution < 1.29 is 0 Å². The molecule has 1 atom stereocenters.